The van der Waals surface area contributed by atoms with E-state index in [1.54, 1.807) is 0 Å². The lowest BCUT2D eigenvalue weighted by molar-refractivity contribution is 0.306. The van der Waals surface area contributed by atoms with E-state index in [1.807, 2.05) is 85.8 Å². The molecule has 31 heavy (non-hydrogen) atoms. The van der Waals surface area contributed by atoms with Crippen LogP contribution in [-0.4, -0.2) is 4.98 Å². The average molecular weight is 426 g/mol. The Morgan fingerprint density at radius 2 is 1.58 bits per heavy atom. The number of nitriles is 1. The van der Waals surface area contributed by atoms with Crippen molar-refractivity contribution < 1.29 is 4.74 Å². The van der Waals surface area contributed by atoms with Gasteiger partial charge in [-0.15, -0.1) is 0 Å². The van der Waals surface area contributed by atoms with Crippen LogP contribution in [0.15, 0.2) is 78.9 Å². The summed E-state index contributed by atoms with van der Waals surface area (Å²) in [6.07, 6.45) is 0. The van der Waals surface area contributed by atoms with E-state index in [9.17, 15) is 5.26 Å². The van der Waals surface area contributed by atoms with Crippen LogP contribution in [0.4, 0.5) is 5.82 Å². The molecule has 1 aromatic heterocycles. The van der Waals surface area contributed by atoms with Gasteiger partial charge >= 0.3 is 0 Å². The fourth-order valence-corrected chi connectivity index (χ4v) is 3.64. The lowest BCUT2D eigenvalue weighted by Crippen LogP contribution is -2.03. The molecule has 0 aliphatic rings. The molecule has 0 aliphatic carbocycles. The number of halogens is 1. The zero-order valence-corrected chi connectivity index (χ0v) is 17.7. The largest absolute Gasteiger partial charge is 0.489 e. The summed E-state index contributed by atoms with van der Waals surface area (Å²) < 4.78 is 5.88. The Morgan fingerprint density at radius 1 is 0.935 bits per heavy atom. The summed E-state index contributed by atoms with van der Waals surface area (Å²) in [5, 5.41) is 10.4. The molecule has 1 heterocycles. The van der Waals surface area contributed by atoms with Crippen molar-refractivity contribution in [2.75, 3.05) is 5.73 Å². The lowest BCUT2D eigenvalue weighted by atomic mass is 9.93. The van der Waals surface area contributed by atoms with Gasteiger partial charge in [0.2, 0.25) is 0 Å². The number of anilines is 1. The first-order valence-corrected chi connectivity index (χ1v) is 10.2. The Bertz CT molecular complexity index is 1250. The fraction of sp³-hybridized carbons (Fsp3) is 0.0769. The summed E-state index contributed by atoms with van der Waals surface area (Å²) in [5.74, 6) is 0.959. The number of benzene rings is 3. The van der Waals surface area contributed by atoms with E-state index in [2.05, 4.69) is 11.1 Å². The van der Waals surface area contributed by atoms with Crippen LogP contribution in [0.25, 0.3) is 22.4 Å². The molecule has 0 radical (unpaired) electrons. The molecule has 0 bridgehead atoms. The first-order chi connectivity index (χ1) is 15.1. The van der Waals surface area contributed by atoms with Crippen molar-refractivity contribution in [3.8, 4) is 34.2 Å². The van der Waals surface area contributed by atoms with Gasteiger partial charge in [-0.05, 0) is 47.9 Å². The second-order valence-corrected chi connectivity index (χ2v) is 7.57. The maximum Gasteiger partial charge on any atom is 0.142 e. The molecule has 5 heteroatoms. The third kappa shape index (κ3) is 4.37. The normalized spacial score (nSPS) is 10.5. The van der Waals surface area contributed by atoms with Gasteiger partial charge in [0.1, 0.15) is 29.8 Å². The van der Waals surface area contributed by atoms with Crippen molar-refractivity contribution in [2.45, 2.75) is 13.5 Å². The molecular formula is C26H20ClN3O. The van der Waals surface area contributed by atoms with Gasteiger partial charge in [0.25, 0.3) is 0 Å². The predicted molar refractivity (Wildman–Crippen MR) is 125 cm³/mol. The topological polar surface area (TPSA) is 71.9 Å². The molecule has 0 fully saturated rings. The Balaban J connectivity index is 1.69. The third-order valence-electron chi connectivity index (χ3n) is 5.09. The second kappa shape index (κ2) is 8.91. The molecule has 0 spiro atoms. The summed E-state index contributed by atoms with van der Waals surface area (Å²) in [6.45, 7) is 2.44. The van der Waals surface area contributed by atoms with Crippen molar-refractivity contribution in [3.63, 3.8) is 0 Å². The van der Waals surface area contributed by atoms with E-state index in [1.165, 1.54) is 0 Å². The van der Waals surface area contributed by atoms with Crippen LogP contribution in [0, 0.1) is 18.3 Å². The van der Waals surface area contributed by atoms with Crippen LogP contribution in [0.5, 0.6) is 5.75 Å². The van der Waals surface area contributed by atoms with Crippen molar-refractivity contribution in [1.82, 2.24) is 4.98 Å². The zero-order valence-electron chi connectivity index (χ0n) is 17.0. The Labute approximate surface area is 186 Å². The molecule has 0 saturated heterocycles. The maximum atomic E-state index is 9.74. The van der Waals surface area contributed by atoms with Crippen molar-refractivity contribution in [3.05, 3.63) is 101 Å². The number of nitrogens with zero attached hydrogens (tertiary/aromatic N) is 2. The number of nitrogens with two attached hydrogens (primary N) is 1. The number of hydrogen-bond donors (Lipinski definition) is 1. The van der Waals surface area contributed by atoms with Crippen LogP contribution in [-0.2, 0) is 6.61 Å². The van der Waals surface area contributed by atoms with Gasteiger partial charge < -0.3 is 10.5 Å². The molecule has 4 aromatic rings. The van der Waals surface area contributed by atoms with Crippen LogP contribution >= 0.6 is 11.6 Å². The highest BCUT2D eigenvalue weighted by Gasteiger charge is 2.18. The van der Waals surface area contributed by atoms with Crippen molar-refractivity contribution in [1.29, 1.82) is 5.26 Å². The molecule has 0 amide bonds. The minimum absolute atomic E-state index is 0.206. The summed E-state index contributed by atoms with van der Waals surface area (Å²) in [6, 6.07) is 27.3. The molecule has 152 valence electrons. The van der Waals surface area contributed by atoms with E-state index in [0.29, 0.717) is 17.2 Å². The van der Waals surface area contributed by atoms with Crippen molar-refractivity contribution >= 4 is 17.4 Å². The van der Waals surface area contributed by atoms with Gasteiger partial charge in [-0.3, -0.25) is 0 Å². The van der Waals surface area contributed by atoms with Crippen LogP contribution in [0.3, 0.4) is 0 Å². The second-order valence-electron chi connectivity index (χ2n) is 7.14. The predicted octanol–water partition coefficient (Wildman–Crippen LogP) is 6.41. The maximum absolute atomic E-state index is 9.74. The average Bonchev–Trinajstić information content (AvgIpc) is 2.80. The zero-order chi connectivity index (χ0) is 21.8. The molecule has 0 aliphatic heterocycles. The van der Waals surface area contributed by atoms with Gasteiger partial charge in [-0.2, -0.15) is 5.26 Å². The molecule has 2 N–H and O–H groups in total. The number of pyridine rings is 1. The Kier molecular flexibility index (Phi) is 5.88. The highest BCUT2D eigenvalue weighted by molar-refractivity contribution is 6.30. The highest BCUT2D eigenvalue weighted by atomic mass is 35.5. The van der Waals surface area contributed by atoms with Gasteiger partial charge in [-0.1, -0.05) is 66.2 Å². The van der Waals surface area contributed by atoms with Gasteiger partial charge in [0.15, 0.2) is 0 Å². The van der Waals surface area contributed by atoms with E-state index in [0.717, 1.165) is 39.3 Å². The SMILES string of the molecule is Cc1c(-c2ccc(Cl)cc2)nc(N)c(C#N)c1-c1ccc(OCc2ccccc2)cc1. The Morgan fingerprint density at radius 3 is 2.23 bits per heavy atom. The minimum atomic E-state index is 0.206. The lowest BCUT2D eigenvalue weighted by Gasteiger charge is -2.15. The number of ether oxygens (including phenoxy) is 1. The quantitative estimate of drug-likeness (QED) is 0.401. The molecule has 0 atom stereocenters. The molecule has 4 rings (SSSR count). The van der Waals surface area contributed by atoms with Crippen LogP contribution < -0.4 is 10.5 Å². The number of hydrogen-bond acceptors (Lipinski definition) is 4. The third-order valence-corrected chi connectivity index (χ3v) is 5.34. The van der Waals surface area contributed by atoms with Gasteiger partial charge in [0.05, 0.1) is 5.69 Å². The van der Waals surface area contributed by atoms with Crippen LogP contribution in [0.1, 0.15) is 16.7 Å². The van der Waals surface area contributed by atoms with Crippen molar-refractivity contribution in [2.24, 2.45) is 0 Å². The molecule has 0 saturated carbocycles. The van der Waals surface area contributed by atoms with E-state index >= 15 is 0 Å². The first-order valence-electron chi connectivity index (χ1n) is 9.80. The monoisotopic (exact) mass is 425 g/mol. The van der Waals surface area contributed by atoms with E-state index in [-0.39, 0.29) is 5.82 Å². The smallest absolute Gasteiger partial charge is 0.142 e. The highest BCUT2D eigenvalue weighted by Crippen LogP contribution is 2.36. The summed E-state index contributed by atoms with van der Waals surface area (Å²) in [5.41, 5.74) is 11.8. The molecule has 3 aromatic carbocycles. The summed E-state index contributed by atoms with van der Waals surface area (Å²) in [7, 11) is 0. The number of nitrogen functional groups attached to an aromatic ring is 1. The fourth-order valence-electron chi connectivity index (χ4n) is 3.52. The molecule has 4 nitrogen and oxygen atoms in total. The van der Waals surface area contributed by atoms with Gasteiger partial charge in [-0.25, -0.2) is 4.98 Å². The Hall–Kier alpha value is -3.81. The van der Waals surface area contributed by atoms with Gasteiger partial charge in [0, 0.05) is 16.1 Å². The molecule has 0 unspecified atom stereocenters. The van der Waals surface area contributed by atoms with E-state index in [4.69, 9.17) is 22.1 Å². The number of aromatic nitrogens is 1. The summed E-state index contributed by atoms with van der Waals surface area (Å²) >= 11 is 6.02. The summed E-state index contributed by atoms with van der Waals surface area (Å²) in [4.78, 5) is 4.50. The standard InChI is InChI=1S/C26H20ClN3O/c1-17-24(19-9-13-22(14-10-19)31-16-18-5-3-2-4-6-18)23(15-28)26(29)30-25(17)20-7-11-21(27)12-8-20/h2-14H,16H2,1H3,(H2,29,30). The number of rotatable bonds is 5. The van der Waals surface area contributed by atoms with Crippen LogP contribution in [0.2, 0.25) is 5.02 Å². The first kappa shape index (κ1) is 20.5. The molecular weight excluding hydrogens is 406 g/mol. The van der Waals surface area contributed by atoms with E-state index < -0.39 is 0 Å². The minimum Gasteiger partial charge on any atom is -0.489 e.